The minimum Gasteiger partial charge on any atom is -0.360 e. The average molecular weight is 363 g/mol. The molecule has 7 heteroatoms. The molecule has 0 amide bonds. The summed E-state index contributed by atoms with van der Waals surface area (Å²) in [5, 5.41) is 8.66. The minimum absolute atomic E-state index is 0.0467. The van der Waals surface area contributed by atoms with Gasteiger partial charge in [-0.2, -0.15) is 0 Å². The topological polar surface area (TPSA) is 72.2 Å². The Morgan fingerprint density at radius 3 is 2.92 bits per heavy atom. The molecule has 0 aliphatic heterocycles. The lowest BCUT2D eigenvalue weighted by Crippen LogP contribution is -2.05. The van der Waals surface area contributed by atoms with Crippen molar-refractivity contribution in [2.75, 3.05) is 11.9 Å². The highest BCUT2D eigenvalue weighted by molar-refractivity contribution is 7.20. The smallest absolute Gasteiger partial charge is 0.214 e. The van der Waals surface area contributed by atoms with Crippen molar-refractivity contribution in [1.82, 2.24) is 19.6 Å². The first-order chi connectivity index (χ1) is 12.7. The number of hydrogen-bond donors (Lipinski definition) is 1. The lowest BCUT2D eigenvalue weighted by Gasteiger charge is -2.01. The van der Waals surface area contributed by atoms with E-state index in [-0.39, 0.29) is 5.78 Å². The molecule has 26 heavy (non-hydrogen) atoms. The number of nitrogens with zero attached hydrogens (tertiary/aromatic N) is 4. The van der Waals surface area contributed by atoms with Gasteiger partial charge in [0.05, 0.1) is 11.9 Å². The molecule has 0 saturated heterocycles. The molecule has 0 radical (unpaired) electrons. The largest absolute Gasteiger partial charge is 0.360 e. The van der Waals surface area contributed by atoms with Crippen LogP contribution in [-0.2, 0) is 6.42 Å². The molecule has 0 aliphatic rings. The van der Waals surface area contributed by atoms with Crippen LogP contribution in [0.4, 0.5) is 5.13 Å². The van der Waals surface area contributed by atoms with Crippen molar-refractivity contribution in [3.8, 4) is 11.3 Å². The number of imidazole rings is 1. The summed E-state index contributed by atoms with van der Waals surface area (Å²) >= 11 is 1.50. The van der Waals surface area contributed by atoms with Gasteiger partial charge in [0.25, 0.3) is 0 Å². The number of anilines is 1. The maximum Gasteiger partial charge on any atom is 0.214 e. The Balaban J connectivity index is 1.47. The van der Waals surface area contributed by atoms with Gasteiger partial charge in [0, 0.05) is 36.0 Å². The summed E-state index contributed by atoms with van der Waals surface area (Å²) in [5.41, 5.74) is 3.46. The molecule has 4 rings (SSSR count). The van der Waals surface area contributed by atoms with E-state index in [1.807, 2.05) is 48.7 Å². The number of Topliss-reactive ketones (excluding diaryl/α,β-unsaturated/α-hetero) is 1. The fourth-order valence-corrected chi connectivity index (χ4v) is 3.46. The predicted molar refractivity (Wildman–Crippen MR) is 103 cm³/mol. The first kappa shape index (κ1) is 16.4. The monoisotopic (exact) mass is 363 g/mol. The summed E-state index contributed by atoms with van der Waals surface area (Å²) in [6.45, 7) is 2.33. The van der Waals surface area contributed by atoms with Crippen LogP contribution >= 0.6 is 11.3 Å². The van der Waals surface area contributed by atoms with E-state index in [0.717, 1.165) is 40.0 Å². The molecule has 3 aromatic heterocycles. The Morgan fingerprint density at radius 1 is 1.23 bits per heavy atom. The molecule has 0 aliphatic carbocycles. The molecule has 0 atom stereocenters. The van der Waals surface area contributed by atoms with Crippen LogP contribution in [0.25, 0.3) is 16.2 Å². The van der Waals surface area contributed by atoms with Gasteiger partial charge in [-0.05, 0) is 25.1 Å². The summed E-state index contributed by atoms with van der Waals surface area (Å²) in [7, 11) is 0. The second-order valence-electron chi connectivity index (χ2n) is 5.90. The van der Waals surface area contributed by atoms with Crippen LogP contribution in [0.2, 0.25) is 0 Å². The third-order valence-electron chi connectivity index (χ3n) is 3.99. The number of hydrogen-bond acceptors (Lipinski definition) is 6. The number of aromatic nitrogens is 4. The molecule has 0 spiro atoms. The fourth-order valence-electron chi connectivity index (χ4n) is 2.65. The molecule has 0 unspecified atom stereocenters. The third-order valence-corrected chi connectivity index (χ3v) is 4.87. The van der Waals surface area contributed by atoms with Gasteiger partial charge in [0.2, 0.25) is 10.1 Å². The molecule has 3 heterocycles. The number of benzene rings is 1. The van der Waals surface area contributed by atoms with Crippen molar-refractivity contribution in [1.29, 1.82) is 0 Å². The van der Waals surface area contributed by atoms with E-state index in [4.69, 9.17) is 0 Å². The van der Waals surface area contributed by atoms with E-state index in [9.17, 15) is 4.79 Å². The Hall–Kier alpha value is -3.06. The summed E-state index contributed by atoms with van der Waals surface area (Å²) in [5.74, 6) is 0.0467. The standard InChI is InChI=1S/C19H17N5OS/c1-13(25)14-5-4-6-15(11-14)17-12-24-19(22-17)26-18(23-24)21-10-8-16-7-2-3-9-20-16/h2-7,9,11-12H,8,10H2,1H3,(H,21,23). The van der Waals surface area contributed by atoms with Gasteiger partial charge >= 0.3 is 0 Å². The highest BCUT2D eigenvalue weighted by atomic mass is 32.1. The van der Waals surface area contributed by atoms with E-state index in [0.29, 0.717) is 5.56 Å². The number of carbonyl (C=O) groups is 1. The van der Waals surface area contributed by atoms with Crippen molar-refractivity contribution in [3.05, 3.63) is 66.1 Å². The van der Waals surface area contributed by atoms with Crippen LogP contribution < -0.4 is 5.32 Å². The van der Waals surface area contributed by atoms with Crippen LogP contribution in [-0.4, -0.2) is 31.9 Å². The lowest BCUT2D eigenvalue weighted by atomic mass is 10.1. The molecule has 1 aromatic carbocycles. The zero-order valence-corrected chi connectivity index (χ0v) is 15.0. The van der Waals surface area contributed by atoms with Crippen molar-refractivity contribution in [2.24, 2.45) is 0 Å². The molecule has 1 N–H and O–H groups in total. The number of nitrogens with one attached hydrogen (secondary N) is 1. The van der Waals surface area contributed by atoms with Gasteiger partial charge in [-0.15, -0.1) is 5.10 Å². The van der Waals surface area contributed by atoms with Crippen molar-refractivity contribution in [3.63, 3.8) is 0 Å². The van der Waals surface area contributed by atoms with Gasteiger partial charge in [0.15, 0.2) is 5.78 Å². The minimum atomic E-state index is 0.0467. The van der Waals surface area contributed by atoms with Crippen molar-refractivity contribution < 1.29 is 4.79 Å². The number of fused-ring (bicyclic) bond motifs is 1. The quantitative estimate of drug-likeness (QED) is 0.529. The summed E-state index contributed by atoms with van der Waals surface area (Å²) in [6.07, 6.45) is 4.52. The van der Waals surface area contributed by atoms with E-state index in [1.165, 1.54) is 11.3 Å². The number of pyridine rings is 1. The molecule has 130 valence electrons. The summed E-state index contributed by atoms with van der Waals surface area (Å²) < 4.78 is 1.77. The first-order valence-electron chi connectivity index (χ1n) is 8.30. The zero-order valence-electron chi connectivity index (χ0n) is 14.2. The second kappa shape index (κ2) is 7.05. The summed E-state index contributed by atoms with van der Waals surface area (Å²) in [4.78, 5) is 21.3. The molecular weight excluding hydrogens is 346 g/mol. The SMILES string of the molecule is CC(=O)c1cccc(-c2cn3nc(NCCc4ccccn4)sc3n2)c1. The number of rotatable bonds is 6. The van der Waals surface area contributed by atoms with E-state index >= 15 is 0 Å². The van der Waals surface area contributed by atoms with Crippen molar-refractivity contribution in [2.45, 2.75) is 13.3 Å². The van der Waals surface area contributed by atoms with Gasteiger partial charge in [-0.25, -0.2) is 9.50 Å². The van der Waals surface area contributed by atoms with Crippen LogP contribution in [0.1, 0.15) is 23.0 Å². The normalized spacial score (nSPS) is 11.0. The Bertz CT molecular complexity index is 1020. The van der Waals surface area contributed by atoms with Crippen LogP contribution in [0.5, 0.6) is 0 Å². The Kier molecular flexibility index (Phi) is 4.45. The Morgan fingerprint density at radius 2 is 2.15 bits per heavy atom. The van der Waals surface area contributed by atoms with Crippen LogP contribution in [0.3, 0.4) is 0 Å². The number of carbonyl (C=O) groups excluding carboxylic acids is 1. The molecule has 0 saturated carbocycles. The third kappa shape index (κ3) is 3.48. The Labute approximate surface area is 154 Å². The maximum atomic E-state index is 11.5. The molecule has 4 aromatic rings. The molecule has 6 nitrogen and oxygen atoms in total. The van der Waals surface area contributed by atoms with Crippen molar-refractivity contribution >= 4 is 27.2 Å². The summed E-state index contributed by atoms with van der Waals surface area (Å²) in [6, 6.07) is 13.4. The fraction of sp³-hybridized carbons (Fsp3) is 0.158. The van der Waals surface area contributed by atoms with Gasteiger partial charge in [-0.3, -0.25) is 9.78 Å². The van der Waals surface area contributed by atoms with Gasteiger partial charge < -0.3 is 5.32 Å². The molecular formula is C19H17N5OS. The van der Waals surface area contributed by atoms with Crippen LogP contribution in [0, 0.1) is 0 Å². The highest BCUT2D eigenvalue weighted by Crippen LogP contribution is 2.25. The van der Waals surface area contributed by atoms with E-state index in [2.05, 4.69) is 20.4 Å². The van der Waals surface area contributed by atoms with Crippen LogP contribution in [0.15, 0.2) is 54.9 Å². The van der Waals surface area contributed by atoms with E-state index < -0.39 is 0 Å². The maximum absolute atomic E-state index is 11.5. The van der Waals surface area contributed by atoms with Gasteiger partial charge in [-0.1, -0.05) is 35.6 Å². The lowest BCUT2D eigenvalue weighted by molar-refractivity contribution is 0.101. The first-order valence-corrected chi connectivity index (χ1v) is 9.12. The average Bonchev–Trinajstić information content (AvgIpc) is 3.21. The zero-order chi connectivity index (χ0) is 17.9. The molecule has 0 bridgehead atoms. The number of ketones is 1. The molecule has 0 fully saturated rings. The highest BCUT2D eigenvalue weighted by Gasteiger charge is 2.10. The predicted octanol–water partition coefficient (Wildman–Crippen LogP) is 3.71. The van der Waals surface area contributed by atoms with E-state index in [1.54, 1.807) is 17.6 Å². The van der Waals surface area contributed by atoms with Gasteiger partial charge in [0.1, 0.15) is 0 Å². The second-order valence-corrected chi connectivity index (χ2v) is 6.85.